The summed E-state index contributed by atoms with van der Waals surface area (Å²) in [5.41, 5.74) is 0.147. The molecule has 0 amide bonds. The van der Waals surface area contributed by atoms with E-state index < -0.39 is 5.60 Å². The highest BCUT2D eigenvalue weighted by molar-refractivity contribution is 6.32. The van der Waals surface area contributed by atoms with Crippen LogP contribution in [0.15, 0.2) is 18.2 Å². The van der Waals surface area contributed by atoms with Gasteiger partial charge in [0.1, 0.15) is 5.75 Å². The average Bonchev–Trinajstić information content (AvgIpc) is 2.41. The van der Waals surface area contributed by atoms with E-state index in [0.29, 0.717) is 16.7 Å². The second-order valence-electron chi connectivity index (χ2n) is 6.08. The lowest BCUT2D eigenvalue weighted by Gasteiger charge is -2.39. The van der Waals surface area contributed by atoms with Gasteiger partial charge in [-0.25, -0.2) is 0 Å². The number of likely N-dealkylation sites (tertiary alicyclic amines) is 1. The molecule has 2 rings (SSSR count). The summed E-state index contributed by atoms with van der Waals surface area (Å²) in [6, 6.07) is 5.57. The lowest BCUT2D eigenvalue weighted by Crippen LogP contribution is -2.43. The largest absolute Gasteiger partial charge is 0.495 e. The first kappa shape index (κ1) is 15.6. The van der Waals surface area contributed by atoms with E-state index in [2.05, 4.69) is 18.7 Å². The maximum absolute atomic E-state index is 10.9. The molecule has 1 aromatic rings. The maximum atomic E-state index is 10.9. The third kappa shape index (κ3) is 3.46. The molecule has 0 radical (unpaired) electrons. The van der Waals surface area contributed by atoms with E-state index in [0.717, 1.165) is 38.0 Å². The van der Waals surface area contributed by atoms with E-state index in [1.54, 1.807) is 13.2 Å². The molecule has 1 saturated heterocycles. The van der Waals surface area contributed by atoms with Crippen LogP contribution in [-0.4, -0.2) is 36.8 Å². The molecule has 0 atom stereocenters. The van der Waals surface area contributed by atoms with Crippen molar-refractivity contribution in [1.82, 2.24) is 4.90 Å². The number of nitrogens with zero attached hydrogens (tertiary/aromatic N) is 1. The summed E-state index contributed by atoms with van der Waals surface area (Å²) in [7, 11) is 1.60. The first-order chi connectivity index (χ1) is 9.44. The number of methoxy groups -OCH3 is 1. The maximum Gasteiger partial charge on any atom is 0.137 e. The molecule has 112 valence electrons. The van der Waals surface area contributed by atoms with Gasteiger partial charge in [0.05, 0.1) is 17.7 Å². The van der Waals surface area contributed by atoms with Crippen molar-refractivity contribution in [3.63, 3.8) is 0 Å². The molecule has 1 heterocycles. The zero-order valence-electron chi connectivity index (χ0n) is 12.5. The van der Waals surface area contributed by atoms with Crippen molar-refractivity contribution in [2.45, 2.75) is 32.3 Å². The summed E-state index contributed by atoms with van der Waals surface area (Å²) in [4.78, 5) is 2.42. The quantitative estimate of drug-likeness (QED) is 0.926. The van der Waals surface area contributed by atoms with Gasteiger partial charge in [-0.2, -0.15) is 0 Å². The molecule has 1 aliphatic heterocycles. The second kappa shape index (κ2) is 6.33. The summed E-state index contributed by atoms with van der Waals surface area (Å²) in [5, 5.41) is 11.5. The van der Waals surface area contributed by atoms with Crippen molar-refractivity contribution in [3.05, 3.63) is 28.8 Å². The van der Waals surface area contributed by atoms with Crippen molar-refractivity contribution in [3.8, 4) is 5.75 Å². The molecule has 0 saturated carbocycles. The number of piperidine rings is 1. The van der Waals surface area contributed by atoms with Gasteiger partial charge in [0.2, 0.25) is 0 Å². The number of halogens is 1. The van der Waals surface area contributed by atoms with Gasteiger partial charge < -0.3 is 14.7 Å². The van der Waals surface area contributed by atoms with E-state index in [4.69, 9.17) is 16.3 Å². The number of hydrogen-bond acceptors (Lipinski definition) is 3. The minimum atomic E-state index is -0.759. The highest BCUT2D eigenvalue weighted by Gasteiger charge is 2.34. The van der Waals surface area contributed by atoms with Crippen LogP contribution in [0, 0.1) is 5.92 Å². The number of ether oxygens (including phenoxy) is 1. The van der Waals surface area contributed by atoms with Crippen molar-refractivity contribution in [2.24, 2.45) is 5.92 Å². The fourth-order valence-electron chi connectivity index (χ4n) is 2.86. The first-order valence-corrected chi connectivity index (χ1v) is 7.61. The average molecular weight is 298 g/mol. The minimum absolute atomic E-state index is 0.581. The molecule has 0 bridgehead atoms. The molecule has 4 heteroatoms. The number of hydrogen-bond donors (Lipinski definition) is 1. The Morgan fingerprint density at radius 3 is 2.55 bits per heavy atom. The van der Waals surface area contributed by atoms with Crippen LogP contribution in [-0.2, 0) is 5.60 Å². The molecule has 20 heavy (non-hydrogen) atoms. The summed E-state index contributed by atoms with van der Waals surface area (Å²) < 4.78 is 5.24. The standard InChI is InChI=1S/C16H24ClNO2/c1-12(2)11-18-8-6-16(19,7-9-18)13-4-5-14(17)15(10-13)20-3/h4-5,10,12,19H,6-9,11H2,1-3H3. The fraction of sp³-hybridized carbons (Fsp3) is 0.625. The third-order valence-corrected chi connectivity index (χ3v) is 4.31. The van der Waals surface area contributed by atoms with Gasteiger partial charge >= 0.3 is 0 Å². The highest BCUT2D eigenvalue weighted by Crippen LogP contribution is 2.36. The van der Waals surface area contributed by atoms with Crippen molar-refractivity contribution in [1.29, 1.82) is 0 Å². The smallest absolute Gasteiger partial charge is 0.137 e. The fourth-order valence-corrected chi connectivity index (χ4v) is 3.05. The van der Waals surface area contributed by atoms with Gasteiger partial charge in [0.25, 0.3) is 0 Å². The molecule has 0 spiro atoms. The lowest BCUT2D eigenvalue weighted by molar-refractivity contribution is -0.0280. The molecular formula is C16H24ClNO2. The van der Waals surface area contributed by atoms with Gasteiger partial charge in [-0.3, -0.25) is 0 Å². The lowest BCUT2D eigenvalue weighted by atomic mass is 9.84. The summed E-state index contributed by atoms with van der Waals surface area (Å²) in [6.45, 7) is 7.41. The topological polar surface area (TPSA) is 32.7 Å². The summed E-state index contributed by atoms with van der Waals surface area (Å²) in [5.74, 6) is 1.29. The number of aliphatic hydroxyl groups is 1. The Bertz CT molecular complexity index is 454. The molecule has 1 aromatic carbocycles. The Labute approximate surface area is 126 Å². The number of rotatable bonds is 4. The van der Waals surface area contributed by atoms with E-state index in [1.807, 2.05) is 12.1 Å². The first-order valence-electron chi connectivity index (χ1n) is 7.23. The zero-order chi connectivity index (χ0) is 14.8. The van der Waals surface area contributed by atoms with Crippen molar-refractivity contribution < 1.29 is 9.84 Å². The number of benzene rings is 1. The molecule has 3 nitrogen and oxygen atoms in total. The Hall–Kier alpha value is -0.770. The van der Waals surface area contributed by atoms with E-state index >= 15 is 0 Å². The Morgan fingerprint density at radius 1 is 1.35 bits per heavy atom. The van der Waals surface area contributed by atoms with Crippen LogP contribution in [0.25, 0.3) is 0 Å². The Balaban J connectivity index is 2.09. The molecular weight excluding hydrogens is 274 g/mol. The van der Waals surface area contributed by atoms with Crippen LogP contribution in [0.2, 0.25) is 5.02 Å². The van der Waals surface area contributed by atoms with Crippen LogP contribution in [0.5, 0.6) is 5.75 Å². The van der Waals surface area contributed by atoms with Crippen LogP contribution in [0.4, 0.5) is 0 Å². The third-order valence-electron chi connectivity index (χ3n) is 4.00. The van der Waals surface area contributed by atoms with Crippen LogP contribution in [0.1, 0.15) is 32.3 Å². The molecule has 1 fully saturated rings. The van der Waals surface area contributed by atoms with Crippen molar-refractivity contribution in [2.75, 3.05) is 26.7 Å². The summed E-state index contributed by atoms with van der Waals surface area (Å²) in [6.07, 6.45) is 1.51. The van der Waals surface area contributed by atoms with Crippen LogP contribution in [0.3, 0.4) is 0 Å². The Kier molecular flexibility index (Phi) is 4.95. The van der Waals surface area contributed by atoms with Gasteiger partial charge in [-0.1, -0.05) is 31.5 Å². The Morgan fingerprint density at radius 2 is 2.00 bits per heavy atom. The van der Waals surface area contributed by atoms with Gasteiger partial charge in [0, 0.05) is 19.6 Å². The van der Waals surface area contributed by atoms with Crippen LogP contribution >= 0.6 is 11.6 Å². The molecule has 0 aromatic heterocycles. The summed E-state index contributed by atoms with van der Waals surface area (Å²) >= 11 is 6.05. The monoisotopic (exact) mass is 297 g/mol. The van der Waals surface area contributed by atoms with E-state index in [-0.39, 0.29) is 0 Å². The molecule has 0 unspecified atom stereocenters. The SMILES string of the molecule is COc1cc(C2(O)CCN(CC(C)C)CC2)ccc1Cl. The van der Waals surface area contributed by atoms with Crippen molar-refractivity contribution >= 4 is 11.6 Å². The predicted molar refractivity (Wildman–Crippen MR) is 82.4 cm³/mol. The molecule has 0 aliphatic carbocycles. The molecule has 1 N–H and O–H groups in total. The highest BCUT2D eigenvalue weighted by atomic mass is 35.5. The van der Waals surface area contributed by atoms with Gasteiger partial charge in [-0.15, -0.1) is 0 Å². The minimum Gasteiger partial charge on any atom is -0.495 e. The van der Waals surface area contributed by atoms with E-state index in [1.165, 1.54) is 0 Å². The normalized spacial score (nSPS) is 19.3. The zero-order valence-corrected chi connectivity index (χ0v) is 13.3. The molecule has 1 aliphatic rings. The van der Waals surface area contributed by atoms with Gasteiger partial charge in [-0.05, 0) is 36.5 Å². The van der Waals surface area contributed by atoms with Gasteiger partial charge in [0.15, 0.2) is 0 Å². The second-order valence-corrected chi connectivity index (χ2v) is 6.48. The van der Waals surface area contributed by atoms with Crippen LogP contribution < -0.4 is 4.74 Å². The van der Waals surface area contributed by atoms with E-state index in [9.17, 15) is 5.11 Å². The predicted octanol–water partition coefficient (Wildman–Crippen LogP) is 3.29.